The van der Waals surface area contributed by atoms with E-state index >= 15 is 0 Å². The van der Waals surface area contributed by atoms with Crippen LogP contribution >= 0.6 is 11.3 Å². The van der Waals surface area contributed by atoms with Crippen LogP contribution in [0.4, 0.5) is 9.52 Å². The van der Waals surface area contributed by atoms with Gasteiger partial charge in [0.15, 0.2) is 11.7 Å². The van der Waals surface area contributed by atoms with Gasteiger partial charge < -0.3 is 9.47 Å². The minimum atomic E-state index is -0.340. The molecule has 0 saturated carbocycles. The summed E-state index contributed by atoms with van der Waals surface area (Å²) in [7, 11) is 0. The van der Waals surface area contributed by atoms with Crippen molar-refractivity contribution in [2.45, 2.75) is 13.3 Å². The lowest BCUT2D eigenvalue weighted by molar-refractivity contribution is -0.120. The number of nitrogens with zero attached hydrogens (tertiary/aromatic N) is 3. The summed E-state index contributed by atoms with van der Waals surface area (Å²) in [4.78, 5) is 21.8. The highest BCUT2D eigenvalue weighted by molar-refractivity contribution is 7.22. The Hall–Kier alpha value is -2.55. The molecule has 0 spiro atoms. The number of aryl methyl sites for hydroxylation is 1. The van der Waals surface area contributed by atoms with Gasteiger partial charge in [-0.1, -0.05) is 17.4 Å². The van der Waals surface area contributed by atoms with Gasteiger partial charge in [0.05, 0.1) is 23.4 Å². The molecule has 4 rings (SSSR count). The maximum atomic E-state index is 13.1. The Kier molecular flexibility index (Phi) is 7.11. The third-order valence-corrected chi connectivity index (χ3v) is 6.24. The molecule has 1 saturated heterocycles. The fourth-order valence-electron chi connectivity index (χ4n) is 3.49. The molecule has 1 aliphatic heterocycles. The largest absolute Gasteiger partial charge is 0.484 e. The van der Waals surface area contributed by atoms with Crippen molar-refractivity contribution in [3.05, 3.63) is 53.8 Å². The van der Waals surface area contributed by atoms with E-state index in [1.165, 1.54) is 35.6 Å². The number of fused-ring (bicyclic) bond motifs is 1. The molecular weight excluding hydrogens is 417 g/mol. The van der Waals surface area contributed by atoms with Gasteiger partial charge in [-0.3, -0.25) is 14.6 Å². The third-order valence-electron chi connectivity index (χ3n) is 5.20. The molecule has 0 bridgehead atoms. The quantitative estimate of drug-likeness (QED) is 0.529. The number of anilines is 1. The summed E-state index contributed by atoms with van der Waals surface area (Å²) >= 11 is 1.51. The second kappa shape index (κ2) is 10.2. The van der Waals surface area contributed by atoms with Crippen LogP contribution in [-0.2, 0) is 9.53 Å². The molecule has 0 radical (unpaired) electrons. The van der Waals surface area contributed by atoms with Gasteiger partial charge in [-0.05, 0) is 55.3 Å². The highest BCUT2D eigenvalue weighted by Gasteiger charge is 2.21. The van der Waals surface area contributed by atoms with Gasteiger partial charge in [0.2, 0.25) is 0 Å². The van der Waals surface area contributed by atoms with Crippen LogP contribution in [0.2, 0.25) is 0 Å². The van der Waals surface area contributed by atoms with Crippen molar-refractivity contribution in [1.82, 2.24) is 9.88 Å². The SMILES string of the molecule is Cc1ccc2nc(N(CCCN3CCOCC3)C(=O)COc3ccc(F)cc3)sc2c1. The van der Waals surface area contributed by atoms with Gasteiger partial charge in [0.25, 0.3) is 5.91 Å². The number of morpholine rings is 1. The Balaban J connectivity index is 1.46. The third kappa shape index (κ3) is 5.78. The molecule has 1 aromatic heterocycles. The topological polar surface area (TPSA) is 54.9 Å². The molecule has 1 fully saturated rings. The van der Waals surface area contributed by atoms with Crippen molar-refractivity contribution in [1.29, 1.82) is 0 Å². The molecule has 0 unspecified atom stereocenters. The smallest absolute Gasteiger partial charge is 0.266 e. The van der Waals surface area contributed by atoms with Crippen molar-refractivity contribution in [3.8, 4) is 5.75 Å². The van der Waals surface area contributed by atoms with Crippen molar-refractivity contribution in [2.75, 3.05) is 50.9 Å². The van der Waals surface area contributed by atoms with Crippen LogP contribution in [0.25, 0.3) is 10.2 Å². The molecule has 8 heteroatoms. The van der Waals surface area contributed by atoms with E-state index in [2.05, 4.69) is 11.0 Å². The maximum Gasteiger partial charge on any atom is 0.266 e. The van der Waals surface area contributed by atoms with E-state index in [9.17, 15) is 9.18 Å². The Morgan fingerprint density at radius 2 is 2.00 bits per heavy atom. The van der Waals surface area contributed by atoms with Crippen LogP contribution in [0.15, 0.2) is 42.5 Å². The number of halogens is 1. The molecule has 31 heavy (non-hydrogen) atoms. The van der Waals surface area contributed by atoms with E-state index in [1.54, 1.807) is 4.90 Å². The molecule has 0 atom stereocenters. The molecule has 6 nitrogen and oxygen atoms in total. The zero-order chi connectivity index (χ0) is 21.6. The minimum absolute atomic E-state index is 0.127. The normalized spacial score (nSPS) is 14.6. The van der Waals surface area contributed by atoms with Gasteiger partial charge in [0.1, 0.15) is 11.6 Å². The predicted octanol–water partition coefficient (Wildman–Crippen LogP) is 3.88. The average Bonchev–Trinajstić information content (AvgIpc) is 3.19. The number of aromatic nitrogens is 1. The number of hydrogen-bond acceptors (Lipinski definition) is 6. The van der Waals surface area contributed by atoms with Crippen molar-refractivity contribution >= 4 is 32.6 Å². The molecule has 1 aliphatic rings. The molecule has 2 aromatic carbocycles. The van der Waals surface area contributed by atoms with Crippen molar-refractivity contribution in [3.63, 3.8) is 0 Å². The second-order valence-corrected chi connectivity index (χ2v) is 8.57. The molecule has 164 valence electrons. The first-order valence-electron chi connectivity index (χ1n) is 10.4. The Labute approximate surface area is 185 Å². The first-order chi connectivity index (χ1) is 15.1. The zero-order valence-corrected chi connectivity index (χ0v) is 18.4. The standard InChI is InChI=1S/C23H26FN3O3S/c1-17-3-8-20-21(15-17)31-23(25-20)27(10-2-9-26-11-13-29-14-12-26)22(28)16-30-19-6-4-18(24)5-7-19/h3-8,15H,2,9-14,16H2,1H3. The van der Waals surface area contributed by atoms with Crippen molar-refractivity contribution in [2.24, 2.45) is 0 Å². The summed E-state index contributed by atoms with van der Waals surface area (Å²) in [5.41, 5.74) is 2.04. The Morgan fingerprint density at radius 1 is 1.23 bits per heavy atom. The zero-order valence-electron chi connectivity index (χ0n) is 17.6. The van der Waals surface area contributed by atoms with Gasteiger partial charge >= 0.3 is 0 Å². The predicted molar refractivity (Wildman–Crippen MR) is 120 cm³/mol. The fraction of sp³-hybridized carbons (Fsp3) is 0.391. The summed E-state index contributed by atoms with van der Waals surface area (Å²) in [5.74, 6) is -0.0433. The van der Waals surface area contributed by atoms with Gasteiger partial charge in [0, 0.05) is 26.2 Å². The van der Waals surface area contributed by atoms with Gasteiger partial charge in [-0.25, -0.2) is 9.37 Å². The highest BCUT2D eigenvalue weighted by atomic mass is 32.1. The number of thiazole rings is 1. The van der Waals surface area contributed by atoms with E-state index in [0.717, 1.165) is 55.0 Å². The average molecular weight is 444 g/mol. The van der Waals surface area contributed by atoms with Crippen LogP contribution < -0.4 is 9.64 Å². The van der Waals surface area contributed by atoms with E-state index in [4.69, 9.17) is 14.5 Å². The minimum Gasteiger partial charge on any atom is -0.484 e. The molecule has 0 N–H and O–H groups in total. The lowest BCUT2D eigenvalue weighted by atomic mass is 10.2. The molecule has 0 aliphatic carbocycles. The summed E-state index contributed by atoms with van der Waals surface area (Å²) in [6.07, 6.45) is 0.831. The number of carbonyl (C=O) groups is 1. The molecular formula is C23H26FN3O3S. The van der Waals surface area contributed by atoms with E-state index in [0.29, 0.717) is 17.4 Å². The van der Waals surface area contributed by atoms with Crippen LogP contribution in [0.5, 0.6) is 5.75 Å². The van der Waals surface area contributed by atoms with Gasteiger partial charge in [-0.15, -0.1) is 0 Å². The van der Waals surface area contributed by atoms with Crippen LogP contribution in [0.3, 0.4) is 0 Å². The summed E-state index contributed by atoms with van der Waals surface area (Å²) < 4.78 is 25.2. The summed E-state index contributed by atoms with van der Waals surface area (Å²) in [5, 5.41) is 0.676. The number of amides is 1. The lowest BCUT2D eigenvalue weighted by Gasteiger charge is -2.27. The van der Waals surface area contributed by atoms with Crippen LogP contribution in [-0.4, -0.2) is 61.8 Å². The first kappa shape index (κ1) is 21.7. The van der Waals surface area contributed by atoms with Crippen LogP contribution in [0, 0.1) is 12.7 Å². The second-order valence-electron chi connectivity index (χ2n) is 7.56. The monoisotopic (exact) mass is 443 g/mol. The molecule has 1 amide bonds. The van der Waals surface area contributed by atoms with Crippen molar-refractivity contribution < 1.29 is 18.7 Å². The number of carbonyl (C=O) groups excluding carboxylic acids is 1. The first-order valence-corrected chi connectivity index (χ1v) is 11.3. The van der Waals surface area contributed by atoms with E-state index < -0.39 is 0 Å². The van der Waals surface area contributed by atoms with Gasteiger partial charge in [-0.2, -0.15) is 0 Å². The number of rotatable bonds is 8. The summed E-state index contributed by atoms with van der Waals surface area (Å²) in [6, 6.07) is 11.8. The number of hydrogen-bond donors (Lipinski definition) is 0. The highest BCUT2D eigenvalue weighted by Crippen LogP contribution is 2.30. The Morgan fingerprint density at radius 3 is 2.77 bits per heavy atom. The number of ether oxygens (including phenoxy) is 2. The van der Waals surface area contributed by atoms with Crippen LogP contribution in [0.1, 0.15) is 12.0 Å². The van der Waals surface area contributed by atoms with E-state index in [-0.39, 0.29) is 18.3 Å². The maximum absolute atomic E-state index is 13.1. The molecule has 3 aromatic rings. The Bertz CT molecular complexity index is 1020. The fourth-order valence-corrected chi connectivity index (χ4v) is 4.60. The van der Waals surface area contributed by atoms with E-state index in [1.807, 2.05) is 19.1 Å². The number of benzene rings is 2. The lowest BCUT2D eigenvalue weighted by Crippen LogP contribution is -2.40. The summed E-state index contributed by atoms with van der Waals surface area (Å²) in [6.45, 7) is 6.72. The molecule has 2 heterocycles.